The fraction of sp³-hybridized carbons (Fsp3) is 0.400. The van der Waals surface area contributed by atoms with E-state index >= 15 is 0 Å². The minimum atomic E-state index is -1.13. The molecule has 2 N–H and O–H groups in total. The second-order valence-electron chi connectivity index (χ2n) is 3.03. The maximum absolute atomic E-state index is 11.1. The summed E-state index contributed by atoms with van der Waals surface area (Å²) in [5, 5.41) is 10.9. The molecule has 0 heterocycles. The van der Waals surface area contributed by atoms with Crippen LogP contribution in [0.15, 0.2) is 11.6 Å². The van der Waals surface area contributed by atoms with Gasteiger partial charge in [-0.15, -0.1) is 12.3 Å². The van der Waals surface area contributed by atoms with Crippen LogP contribution in [0.4, 0.5) is 0 Å². The zero-order chi connectivity index (χ0) is 11.1. The van der Waals surface area contributed by atoms with Crippen LogP contribution in [0.25, 0.3) is 0 Å². The molecule has 0 rings (SSSR count). The van der Waals surface area contributed by atoms with Crippen molar-refractivity contribution >= 4 is 11.9 Å². The summed E-state index contributed by atoms with van der Waals surface area (Å²) in [5.41, 5.74) is 0.798. The number of allylic oxidation sites excluding steroid dienone is 1. The molecule has 0 aliphatic heterocycles. The fourth-order valence-electron chi connectivity index (χ4n) is 0.794. The first-order valence-corrected chi connectivity index (χ1v) is 4.09. The normalized spacial score (nSPS) is 10.9. The van der Waals surface area contributed by atoms with Gasteiger partial charge in [-0.3, -0.25) is 4.79 Å². The quantitative estimate of drug-likeness (QED) is 0.508. The van der Waals surface area contributed by atoms with Crippen LogP contribution in [-0.4, -0.2) is 23.0 Å². The number of carbonyl (C=O) groups excluding carboxylic acids is 1. The molecule has 0 saturated heterocycles. The maximum atomic E-state index is 11.1. The Morgan fingerprint density at radius 2 is 2.14 bits per heavy atom. The van der Waals surface area contributed by atoms with Crippen LogP contribution in [0, 0.1) is 12.3 Å². The lowest BCUT2D eigenvalue weighted by atomic mass is 10.2. The van der Waals surface area contributed by atoms with Crippen LogP contribution in [-0.2, 0) is 9.59 Å². The van der Waals surface area contributed by atoms with Crippen molar-refractivity contribution in [1.29, 1.82) is 0 Å². The molecule has 1 amide bonds. The van der Waals surface area contributed by atoms with Crippen molar-refractivity contribution in [2.24, 2.45) is 0 Å². The van der Waals surface area contributed by atoms with E-state index in [-0.39, 0.29) is 6.42 Å². The van der Waals surface area contributed by atoms with Crippen LogP contribution in [0.1, 0.15) is 20.3 Å². The lowest BCUT2D eigenvalue weighted by molar-refractivity contribution is -0.141. The number of hydrogen-bond acceptors (Lipinski definition) is 2. The van der Waals surface area contributed by atoms with Gasteiger partial charge in [0.2, 0.25) is 5.91 Å². The highest BCUT2D eigenvalue weighted by molar-refractivity contribution is 5.91. The first-order chi connectivity index (χ1) is 6.47. The van der Waals surface area contributed by atoms with E-state index in [1.165, 1.54) is 6.08 Å². The number of aliphatic carboxylic acids is 1. The summed E-state index contributed by atoms with van der Waals surface area (Å²) in [4.78, 5) is 21.7. The van der Waals surface area contributed by atoms with Gasteiger partial charge >= 0.3 is 5.97 Å². The number of terminal acetylenes is 1. The van der Waals surface area contributed by atoms with E-state index < -0.39 is 17.9 Å². The SMILES string of the molecule is C#CCC(NC(=O)C=C(C)C)C(=O)O. The van der Waals surface area contributed by atoms with Crippen molar-refractivity contribution in [3.05, 3.63) is 11.6 Å². The summed E-state index contributed by atoms with van der Waals surface area (Å²) in [6.45, 7) is 3.49. The number of carboxylic acid groups (broad SMARTS) is 1. The summed E-state index contributed by atoms with van der Waals surface area (Å²) >= 11 is 0. The minimum absolute atomic E-state index is 0.0162. The molecule has 0 radical (unpaired) electrons. The van der Waals surface area contributed by atoms with Crippen molar-refractivity contribution in [2.75, 3.05) is 0 Å². The van der Waals surface area contributed by atoms with Gasteiger partial charge in [0.05, 0.1) is 0 Å². The van der Waals surface area contributed by atoms with Crippen molar-refractivity contribution in [3.8, 4) is 12.3 Å². The van der Waals surface area contributed by atoms with Crippen LogP contribution in [0.2, 0.25) is 0 Å². The predicted molar refractivity (Wildman–Crippen MR) is 52.4 cm³/mol. The molecule has 0 aromatic carbocycles. The average molecular weight is 195 g/mol. The van der Waals surface area contributed by atoms with E-state index in [1.54, 1.807) is 13.8 Å². The lowest BCUT2D eigenvalue weighted by Gasteiger charge is -2.09. The van der Waals surface area contributed by atoms with Gasteiger partial charge in [-0.1, -0.05) is 5.57 Å². The summed E-state index contributed by atoms with van der Waals surface area (Å²) in [6.07, 6.45) is 6.27. The molecular weight excluding hydrogens is 182 g/mol. The Morgan fingerprint density at radius 1 is 1.57 bits per heavy atom. The van der Waals surface area contributed by atoms with Crippen molar-refractivity contribution < 1.29 is 14.7 Å². The molecule has 4 nitrogen and oxygen atoms in total. The Kier molecular flexibility index (Phi) is 5.08. The summed E-state index contributed by atoms with van der Waals surface area (Å²) in [6, 6.07) is -1.01. The molecule has 76 valence electrons. The molecule has 0 bridgehead atoms. The van der Waals surface area contributed by atoms with E-state index in [0.29, 0.717) is 0 Å². The van der Waals surface area contributed by atoms with E-state index in [1.807, 2.05) is 0 Å². The molecule has 0 aromatic rings. The molecule has 0 aliphatic carbocycles. The maximum Gasteiger partial charge on any atom is 0.327 e. The largest absolute Gasteiger partial charge is 0.480 e. The Morgan fingerprint density at radius 3 is 2.50 bits per heavy atom. The summed E-state index contributed by atoms with van der Waals surface area (Å²) in [5.74, 6) is 0.628. The third kappa shape index (κ3) is 4.99. The van der Waals surface area contributed by atoms with E-state index in [4.69, 9.17) is 11.5 Å². The minimum Gasteiger partial charge on any atom is -0.480 e. The molecule has 4 heteroatoms. The van der Waals surface area contributed by atoms with E-state index in [9.17, 15) is 9.59 Å². The standard InChI is InChI=1S/C10H13NO3/c1-4-5-8(10(13)14)11-9(12)6-7(2)3/h1,6,8H,5H2,2-3H3,(H,11,12)(H,13,14). The number of carboxylic acids is 1. The fourth-order valence-corrected chi connectivity index (χ4v) is 0.794. The Hall–Kier alpha value is -1.76. The third-order valence-corrected chi connectivity index (χ3v) is 1.36. The second-order valence-corrected chi connectivity index (χ2v) is 3.03. The molecule has 14 heavy (non-hydrogen) atoms. The monoisotopic (exact) mass is 195 g/mol. The molecule has 1 unspecified atom stereocenters. The van der Waals surface area contributed by atoms with Crippen LogP contribution in [0.3, 0.4) is 0 Å². The van der Waals surface area contributed by atoms with E-state index in [0.717, 1.165) is 5.57 Å². The summed E-state index contributed by atoms with van der Waals surface area (Å²) in [7, 11) is 0. The lowest BCUT2D eigenvalue weighted by Crippen LogP contribution is -2.39. The first kappa shape index (κ1) is 12.2. The molecule has 1 atom stereocenters. The Balaban J connectivity index is 4.32. The Bertz CT molecular complexity index is 295. The smallest absolute Gasteiger partial charge is 0.327 e. The molecule has 0 fully saturated rings. The van der Waals surface area contributed by atoms with Gasteiger partial charge in [0.1, 0.15) is 6.04 Å². The number of amides is 1. The van der Waals surface area contributed by atoms with Crippen LogP contribution >= 0.6 is 0 Å². The second kappa shape index (κ2) is 5.81. The zero-order valence-electron chi connectivity index (χ0n) is 8.20. The number of nitrogens with one attached hydrogen (secondary N) is 1. The molecule has 0 aliphatic rings. The highest BCUT2D eigenvalue weighted by atomic mass is 16.4. The van der Waals surface area contributed by atoms with Gasteiger partial charge in [-0.25, -0.2) is 4.79 Å². The van der Waals surface area contributed by atoms with Gasteiger partial charge in [0.25, 0.3) is 0 Å². The van der Waals surface area contributed by atoms with E-state index in [2.05, 4.69) is 11.2 Å². The third-order valence-electron chi connectivity index (χ3n) is 1.36. The zero-order valence-corrected chi connectivity index (χ0v) is 8.20. The molecule has 0 saturated carbocycles. The van der Waals surface area contributed by atoms with Gasteiger partial charge in [0.15, 0.2) is 0 Å². The van der Waals surface area contributed by atoms with Crippen molar-refractivity contribution in [3.63, 3.8) is 0 Å². The summed E-state index contributed by atoms with van der Waals surface area (Å²) < 4.78 is 0. The van der Waals surface area contributed by atoms with Crippen LogP contribution < -0.4 is 5.32 Å². The van der Waals surface area contributed by atoms with Gasteiger partial charge in [-0.05, 0) is 13.8 Å². The van der Waals surface area contributed by atoms with Crippen LogP contribution in [0.5, 0.6) is 0 Å². The van der Waals surface area contributed by atoms with Gasteiger partial charge < -0.3 is 10.4 Å². The molecule has 0 aromatic heterocycles. The predicted octanol–water partition coefficient (Wildman–Crippen LogP) is 0.545. The van der Waals surface area contributed by atoms with Gasteiger partial charge in [-0.2, -0.15) is 0 Å². The van der Waals surface area contributed by atoms with Crippen molar-refractivity contribution in [2.45, 2.75) is 26.3 Å². The molecular formula is C10H13NO3. The number of hydrogen-bond donors (Lipinski definition) is 2. The number of rotatable bonds is 4. The molecule has 0 spiro atoms. The average Bonchev–Trinajstić information content (AvgIpc) is 2.01. The highest BCUT2D eigenvalue weighted by Crippen LogP contribution is 1.93. The first-order valence-electron chi connectivity index (χ1n) is 4.09. The Labute approximate surface area is 83.0 Å². The van der Waals surface area contributed by atoms with Gasteiger partial charge in [0, 0.05) is 12.5 Å². The number of carbonyl (C=O) groups is 2. The highest BCUT2D eigenvalue weighted by Gasteiger charge is 2.17. The topological polar surface area (TPSA) is 66.4 Å². The van der Waals surface area contributed by atoms with Crippen molar-refractivity contribution in [1.82, 2.24) is 5.32 Å².